The lowest BCUT2D eigenvalue weighted by Crippen LogP contribution is -2.62. The first-order valence-corrected chi connectivity index (χ1v) is 9.56. The molecule has 0 spiro atoms. The highest BCUT2D eigenvalue weighted by Crippen LogP contribution is 2.63. The number of aliphatic hydroxyl groups excluding tert-OH is 2. The van der Waals surface area contributed by atoms with Gasteiger partial charge in [-0.25, -0.2) is 0 Å². The summed E-state index contributed by atoms with van der Waals surface area (Å²) in [6.45, 7) is 11.3. The molecule has 0 bridgehead atoms. The molecular weight excluding hydrogens is 288 g/mol. The molecule has 2 fully saturated rings. The molecule has 0 aromatic carbocycles. The van der Waals surface area contributed by atoms with Crippen LogP contribution >= 0.6 is 0 Å². The highest BCUT2D eigenvalue weighted by molar-refractivity contribution is 5.10. The van der Waals surface area contributed by atoms with Crippen molar-refractivity contribution in [3.05, 3.63) is 0 Å². The molecule has 2 rings (SSSR count). The Morgan fingerprint density at radius 3 is 2.35 bits per heavy atom. The van der Waals surface area contributed by atoms with E-state index in [1.165, 1.54) is 12.8 Å². The summed E-state index contributed by atoms with van der Waals surface area (Å²) in [5.74, 6) is 0.979. The first-order chi connectivity index (χ1) is 10.5. The van der Waals surface area contributed by atoms with Crippen molar-refractivity contribution >= 4 is 0 Å². The first-order valence-electron chi connectivity index (χ1n) is 9.56. The van der Waals surface area contributed by atoms with Gasteiger partial charge in [0.2, 0.25) is 0 Å². The molecular formula is C20H38O3. The number of aliphatic hydroxyl groups is 3. The quantitative estimate of drug-likeness (QED) is 0.721. The molecule has 136 valence electrons. The van der Waals surface area contributed by atoms with Gasteiger partial charge in [0, 0.05) is 13.0 Å². The lowest BCUT2D eigenvalue weighted by Gasteiger charge is -2.63. The lowest BCUT2D eigenvalue weighted by atomic mass is 9.44. The SMILES string of the molecule is CC(CCO)CCC1C(C)(O)CC(O)C2C(C)(C)CCCC21C. The highest BCUT2D eigenvalue weighted by Gasteiger charge is 2.60. The first kappa shape index (κ1) is 19.2. The number of rotatable bonds is 5. The molecule has 3 nitrogen and oxygen atoms in total. The summed E-state index contributed by atoms with van der Waals surface area (Å²) in [5, 5.41) is 31.1. The second kappa shape index (κ2) is 6.65. The zero-order valence-electron chi connectivity index (χ0n) is 15.8. The maximum atomic E-state index is 11.1. The average molecular weight is 327 g/mol. The predicted molar refractivity (Wildman–Crippen MR) is 94.1 cm³/mol. The topological polar surface area (TPSA) is 60.7 Å². The normalized spacial score (nSPS) is 44.6. The molecule has 6 atom stereocenters. The molecule has 2 aliphatic carbocycles. The van der Waals surface area contributed by atoms with Crippen molar-refractivity contribution in [3.63, 3.8) is 0 Å². The van der Waals surface area contributed by atoms with E-state index in [0.29, 0.717) is 12.3 Å². The minimum atomic E-state index is -0.795. The van der Waals surface area contributed by atoms with Crippen molar-refractivity contribution in [2.45, 2.75) is 91.3 Å². The van der Waals surface area contributed by atoms with Crippen LogP contribution in [-0.2, 0) is 0 Å². The fourth-order valence-electron chi connectivity index (χ4n) is 6.33. The van der Waals surface area contributed by atoms with Gasteiger partial charge >= 0.3 is 0 Å². The Morgan fingerprint density at radius 1 is 1.09 bits per heavy atom. The van der Waals surface area contributed by atoms with Gasteiger partial charge in [-0.3, -0.25) is 0 Å². The Morgan fingerprint density at radius 2 is 1.74 bits per heavy atom. The molecule has 0 heterocycles. The molecule has 0 aliphatic heterocycles. The molecule has 2 aliphatic rings. The summed E-state index contributed by atoms with van der Waals surface area (Å²) < 4.78 is 0. The van der Waals surface area contributed by atoms with E-state index in [1.807, 2.05) is 6.92 Å². The van der Waals surface area contributed by atoms with E-state index in [1.54, 1.807) is 0 Å². The molecule has 0 aromatic heterocycles. The van der Waals surface area contributed by atoms with Gasteiger partial charge in [-0.05, 0) is 61.2 Å². The van der Waals surface area contributed by atoms with E-state index in [9.17, 15) is 10.2 Å². The molecule has 0 radical (unpaired) electrons. The second-order valence-electron chi connectivity index (χ2n) is 9.70. The van der Waals surface area contributed by atoms with Crippen LogP contribution in [0.2, 0.25) is 0 Å². The standard InChI is InChI=1S/C20H38O3/c1-14(9-12-21)7-8-16-19(4)11-6-10-18(2,3)17(19)15(22)13-20(16,5)23/h14-17,21-23H,6-13H2,1-5H3. The summed E-state index contributed by atoms with van der Waals surface area (Å²) in [5.41, 5.74) is -0.656. The van der Waals surface area contributed by atoms with Crippen molar-refractivity contribution < 1.29 is 15.3 Å². The largest absolute Gasteiger partial charge is 0.396 e. The molecule has 0 saturated heterocycles. The molecule has 3 N–H and O–H groups in total. The van der Waals surface area contributed by atoms with Crippen molar-refractivity contribution in [1.82, 2.24) is 0 Å². The minimum absolute atomic E-state index is 0.00184. The van der Waals surface area contributed by atoms with Gasteiger partial charge in [0.25, 0.3) is 0 Å². The van der Waals surface area contributed by atoms with E-state index in [0.717, 1.165) is 25.7 Å². The van der Waals surface area contributed by atoms with Crippen LogP contribution < -0.4 is 0 Å². The van der Waals surface area contributed by atoms with E-state index in [-0.39, 0.29) is 29.3 Å². The van der Waals surface area contributed by atoms with Crippen LogP contribution in [0.5, 0.6) is 0 Å². The summed E-state index contributed by atoms with van der Waals surface area (Å²) in [6, 6.07) is 0. The molecule has 3 heteroatoms. The van der Waals surface area contributed by atoms with Gasteiger partial charge in [0.05, 0.1) is 11.7 Å². The van der Waals surface area contributed by atoms with Crippen LogP contribution in [0.4, 0.5) is 0 Å². The highest BCUT2D eigenvalue weighted by atomic mass is 16.3. The zero-order valence-corrected chi connectivity index (χ0v) is 15.8. The fraction of sp³-hybridized carbons (Fsp3) is 1.00. The number of hydrogen-bond acceptors (Lipinski definition) is 3. The molecule has 2 saturated carbocycles. The van der Waals surface area contributed by atoms with Gasteiger partial charge in [-0.1, -0.05) is 40.5 Å². The van der Waals surface area contributed by atoms with Crippen molar-refractivity contribution in [2.75, 3.05) is 6.61 Å². The molecule has 0 aromatic rings. The molecule has 0 amide bonds. The third kappa shape index (κ3) is 3.62. The van der Waals surface area contributed by atoms with Crippen LogP contribution in [-0.4, -0.2) is 33.6 Å². The van der Waals surface area contributed by atoms with Crippen LogP contribution in [0.25, 0.3) is 0 Å². The predicted octanol–water partition coefficient (Wildman–Crippen LogP) is 3.75. The summed E-state index contributed by atoms with van der Waals surface area (Å²) >= 11 is 0. The van der Waals surface area contributed by atoms with E-state index in [2.05, 4.69) is 27.7 Å². The smallest absolute Gasteiger partial charge is 0.0677 e. The third-order valence-electron chi connectivity index (χ3n) is 7.21. The zero-order chi connectivity index (χ0) is 17.5. The average Bonchev–Trinajstić information content (AvgIpc) is 2.35. The summed E-state index contributed by atoms with van der Waals surface area (Å²) in [4.78, 5) is 0. The summed E-state index contributed by atoms with van der Waals surface area (Å²) in [6.07, 6.45) is 6.42. The van der Waals surface area contributed by atoms with Gasteiger partial charge in [-0.15, -0.1) is 0 Å². The molecule has 6 unspecified atom stereocenters. The second-order valence-corrected chi connectivity index (χ2v) is 9.70. The van der Waals surface area contributed by atoms with E-state index in [4.69, 9.17) is 5.11 Å². The Hall–Kier alpha value is -0.120. The Balaban J connectivity index is 2.26. The van der Waals surface area contributed by atoms with Crippen LogP contribution in [0.3, 0.4) is 0 Å². The van der Waals surface area contributed by atoms with Crippen LogP contribution in [0.15, 0.2) is 0 Å². The third-order valence-corrected chi connectivity index (χ3v) is 7.21. The van der Waals surface area contributed by atoms with Crippen molar-refractivity contribution in [2.24, 2.45) is 28.6 Å². The maximum Gasteiger partial charge on any atom is 0.0677 e. The lowest BCUT2D eigenvalue weighted by molar-refractivity contribution is -0.215. The van der Waals surface area contributed by atoms with Crippen molar-refractivity contribution in [3.8, 4) is 0 Å². The Labute approximate surface area is 142 Å². The number of fused-ring (bicyclic) bond motifs is 1. The van der Waals surface area contributed by atoms with E-state index < -0.39 is 11.7 Å². The van der Waals surface area contributed by atoms with Crippen molar-refractivity contribution in [1.29, 1.82) is 0 Å². The fourth-order valence-corrected chi connectivity index (χ4v) is 6.33. The summed E-state index contributed by atoms with van der Waals surface area (Å²) in [7, 11) is 0. The number of hydrogen-bond donors (Lipinski definition) is 3. The maximum absolute atomic E-state index is 11.1. The van der Waals surface area contributed by atoms with E-state index >= 15 is 0 Å². The van der Waals surface area contributed by atoms with Crippen LogP contribution in [0.1, 0.15) is 79.6 Å². The van der Waals surface area contributed by atoms with Crippen LogP contribution in [0, 0.1) is 28.6 Å². The van der Waals surface area contributed by atoms with Gasteiger partial charge in [-0.2, -0.15) is 0 Å². The Kier molecular flexibility index (Phi) is 5.55. The monoisotopic (exact) mass is 326 g/mol. The molecule has 23 heavy (non-hydrogen) atoms. The van der Waals surface area contributed by atoms with Gasteiger partial charge in [0.1, 0.15) is 0 Å². The van der Waals surface area contributed by atoms with Gasteiger partial charge in [0.15, 0.2) is 0 Å². The van der Waals surface area contributed by atoms with Gasteiger partial charge < -0.3 is 15.3 Å². The Bertz CT molecular complexity index is 404. The minimum Gasteiger partial charge on any atom is -0.396 e.